The fourth-order valence-corrected chi connectivity index (χ4v) is 0.821. The lowest BCUT2D eigenvalue weighted by atomic mass is 10.2. The Hall–Kier alpha value is -0.890. The molecule has 68 valence electrons. The topological polar surface area (TPSA) is 33.1 Å². The quantitative estimate of drug-likeness (QED) is 0.732. The van der Waals surface area contributed by atoms with Gasteiger partial charge in [0.25, 0.3) is 0 Å². The number of aliphatic hydroxyl groups excluding tert-OH is 1. The summed E-state index contributed by atoms with van der Waals surface area (Å²) in [6, 6.07) is 1.97. The predicted molar refractivity (Wildman–Crippen MR) is 50.9 cm³/mol. The molecule has 0 aliphatic carbocycles. The summed E-state index contributed by atoms with van der Waals surface area (Å²) in [6.07, 6.45) is 4.47. The van der Waals surface area contributed by atoms with Crippen molar-refractivity contribution in [1.82, 2.24) is 4.98 Å². The van der Waals surface area contributed by atoms with E-state index in [1.807, 2.05) is 26.1 Å². The van der Waals surface area contributed by atoms with E-state index in [0.29, 0.717) is 0 Å². The summed E-state index contributed by atoms with van der Waals surface area (Å²) >= 11 is 0. The van der Waals surface area contributed by atoms with Gasteiger partial charge in [0.1, 0.15) is 0 Å². The number of hydrogen-bond acceptors (Lipinski definition) is 2. The number of pyridine rings is 1. The molecule has 0 fully saturated rings. The molecule has 0 amide bonds. The molecule has 2 heteroatoms. The van der Waals surface area contributed by atoms with Crippen molar-refractivity contribution >= 4 is 0 Å². The second-order valence-electron chi connectivity index (χ2n) is 2.21. The molecule has 12 heavy (non-hydrogen) atoms. The first-order chi connectivity index (χ1) is 5.86. The van der Waals surface area contributed by atoms with Crippen LogP contribution in [0.5, 0.6) is 0 Å². The maximum Gasteiger partial charge on any atom is 0.0696 e. The average molecular weight is 167 g/mol. The van der Waals surface area contributed by atoms with Crippen molar-refractivity contribution in [2.75, 3.05) is 0 Å². The molecule has 1 rings (SSSR count). The minimum Gasteiger partial charge on any atom is -0.392 e. The smallest absolute Gasteiger partial charge is 0.0696 e. The van der Waals surface area contributed by atoms with Crippen molar-refractivity contribution in [3.8, 4) is 0 Å². The highest BCUT2D eigenvalue weighted by molar-refractivity contribution is 5.16. The van der Waals surface area contributed by atoms with Crippen molar-refractivity contribution in [1.29, 1.82) is 0 Å². The van der Waals surface area contributed by atoms with E-state index in [1.165, 1.54) is 5.56 Å². The zero-order valence-electron chi connectivity index (χ0n) is 8.04. The Labute approximate surface area is 74.3 Å². The molecule has 0 unspecified atom stereocenters. The molecule has 0 atom stereocenters. The van der Waals surface area contributed by atoms with Gasteiger partial charge in [-0.3, -0.25) is 4.98 Å². The summed E-state index contributed by atoms with van der Waals surface area (Å²) in [5, 5.41) is 8.72. The van der Waals surface area contributed by atoms with Crippen molar-refractivity contribution in [2.45, 2.75) is 33.8 Å². The minimum absolute atomic E-state index is 0.0842. The van der Waals surface area contributed by atoms with Crippen LogP contribution in [0.3, 0.4) is 0 Å². The molecule has 0 aliphatic rings. The fraction of sp³-hybridized carbons (Fsp3) is 0.500. The summed E-state index contributed by atoms with van der Waals surface area (Å²) in [7, 11) is 0. The minimum atomic E-state index is 0.0842. The highest BCUT2D eigenvalue weighted by atomic mass is 16.3. The van der Waals surface area contributed by atoms with Crippen LogP contribution in [-0.4, -0.2) is 10.1 Å². The lowest BCUT2D eigenvalue weighted by Crippen LogP contribution is -1.88. The van der Waals surface area contributed by atoms with Gasteiger partial charge in [-0.1, -0.05) is 26.8 Å². The number of nitrogens with zero attached hydrogens (tertiary/aromatic N) is 1. The summed E-state index contributed by atoms with van der Waals surface area (Å²) < 4.78 is 0. The second kappa shape index (κ2) is 6.80. The highest BCUT2D eigenvalue weighted by Crippen LogP contribution is 2.02. The molecule has 0 aromatic carbocycles. The van der Waals surface area contributed by atoms with Gasteiger partial charge < -0.3 is 5.11 Å². The Morgan fingerprint density at radius 2 is 1.83 bits per heavy atom. The van der Waals surface area contributed by atoms with Crippen molar-refractivity contribution in [3.63, 3.8) is 0 Å². The van der Waals surface area contributed by atoms with Crippen molar-refractivity contribution in [3.05, 3.63) is 29.6 Å². The highest BCUT2D eigenvalue weighted by Gasteiger charge is 1.91. The van der Waals surface area contributed by atoms with Gasteiger partial charge in [0.2, 0.25) is 0 Å². The lowest BCUT2D eigenvalue weighted by molar-refractivity contribution is 0.281. The first-order valence-corrected chi connectivity index (χ1v) is 4.40. The molecule has 1 N–H and O–H groups in total. The zero-order chi connectivity index (χ0) is 9.40. The summed E-state index contributed by atoms with van der Waals surface area (Å²) in [6.45, 7) is 6.15. The maximum absolute atomic E-state index is 8.72. The third kappa shape index (κ3) is 3.49. The largest absolute Gasteiger partial charge is 0.392 e. The Balaban J connectivity index is 0.000000561. The van der Waals surface area contributed by atoms with Gasteiger partial charge in [0.05, 0.1) is 6.61 Å². The van der Waals surface area contributed by atoms with E-state index in [0.717, 1.165) is 12.0 Å². The van der Waals surface area contributed by atoms with Crippen LogP contribution in [0.25, 0.3) is 0 Å². The van der Waals surface area contributed by atoms with Crippen LogP contribution < -0.4 is 0 Å². The Morgan fingerprint density at radius 3 is 2.33 bits per heavy atom. The molecule has 2 nitrogen and oxygen atoms in total. The van der Waals surface area contributed by atoms with Crippen LogP contribution in [0.2, 0.25) is 0 Å². The molecule has 1 aromatic heterocycles. The molecule has 0 aliphatic heterocycles. The van der Waals surface area contributed by atoms with Gasteiger partial charge in [0.15, 0.2) is 0 Å². The number of rotatable bonds is 2. The molecule has 0 saturated carbocycles. The van der Waals surface area contributed by atoms with E-state index in [9.17, 15) is 0 Å². The summed E-state index contributed by atoms with van der Waals surface area (Å²) in [4.78, 5) is 3.97. The number of hydrogen-bond donors (Lipinski definition) is 1. The van der Waals surface area contributed by atoms with Crippen LogP contribution in [0, 0.1) is 0 Å². The lowest BCUT2D eigenvalue weighted by Gasteiger charge is -1.97. The molecule has 1 aromatic rings. The van der Waals surface area contributed by atoms with Crippen molar-refractivity contribution in [2.24, 2.45) is 0 Å². The maximum atomic E-state index is 8.72. The third-order valence-corrected chi connectivity index (χ3v) is 1.44. The van der Waals surface area contributed by atoms with E-state index in [-0.39, 0.29) is 6.61 Å². The summed E-state index contributed by atoms with van der Waals surface area (Å²) in [5.74, 6) is 0. The Kier molecular flexibility index (Phi) is 6.29. The van der Waals surface area contributed by atoms with Gasteiger partial charge in [-0.05, 0) is 17.5 Å². The van der Waals surface area contributed by atoms with Gasteiger partial charge in [-0.25, -0.2) is 0 Å². The van der Waals surface area contributed by atoms with Crippen LogP contribution in [0.1, 0.15) is 31.9 Å². The fourth-order valence-electron chi connectivity index (χ4n) is 0.821. The first kappa shape index (κ1) is 11.1. The van der Waals surface area contributed by atoms with Crippen LogP contribution in [0.4, 0.5) is 0 Å². The van der Waals surface area contributed by atoms with E-state index in [4.69, 9.17) is 5.11 Å². The molecular formula is C10H17NO. The van der Waals surface area contributed by atoms with E-state index in [1.54, 1.807) is 6.20 Å². The molecule has 0 radical (unpaired) electrons. The number of aromatic nitrogens is 1. The Morgan fingerprint density at radius 1 is 1.25 bits per heavy atom. The predicted octanol–water partition coefficient (Wildman–Crippen LogP) is 2.16. The molecular weight excluding hydrogens is 150 g/mol. The standard InChI is InChI=1S/C8H11NO.C2H6/c1-2-7-3-8(6-10)5-9-4-7;1-2/h3-5,10H,2,6H2,1H3;1-2H3. The van der Waals surface area contributed by atoms with Crippen LogP contribution in [-0.2, 0) is 13.0 Å². The van der Waals surface area contributed by atoms with E-state index < -0.39 is 0 Å². The van der Waals surface area contributed by atoms with Gasteiger partial charge in [0, 0.05) is 12.4 Å². The van der Waals surface area contributed by atoms with Gasteiger partial charge in [-0.15, -0.1) is 0 Å². The normalized spacial score (nSPS) is 8.67. The molecule has 1 heterocycles. The number of aryl methyl sites for hydroxylation is 1. The monoisotopic (exact) mass is 167 g/mol. The third-order valence-electron chi connectivity index (χ3n) is 1.44. The first-order valence-electron chi connectivity index (χ1n) is 4.40. The van der Waals surface area contributed by atoms with Crippen molar-refractivity contribution < 1.29 is 5.11 Å². The van der Waals surface area contributed by atoms with E-state index >= 15 is 0 Å². The second-order valence-corrected chi connectivity index (χ2v) is 2.21. The SMILES string of the molecule is CC.CCc1cncc(CO)c1. The van der Waals surface area contributed by atoms with Crippen LogP contribution >= 0.6 is 0 Å². The Bertz CT molecular complexity index is 191. The summed E-state index contributed by atoms with van der Waals surface area (Å²) in [5.41, 5.74) is 2.06. The van der Waals surface area contributed by atoms with Crippen LogP contribution in [0.15, 0.2) is 18.5 Å². The van der Waals surface area contributed by atoms with E-state index in [2.05, 4.69) is 11.9 Å². The average Bonchev–Trinajstić information content (AvgIpc) is 2.21. The number of aliphatic hydroxyl groups is 1. The van der Waals surface area contributed by atoms with Gasteiger partial charge >= 0.3 is 0 Å². The molecule has 0 saturated heterocycles. The zero-order valence-corrected chi connectivity index (χ0v) is 8.04. The molecule has 0 bridgehead atoms. The molecule has 0 spiro atoms. The van der Waals surface area contributed by atoms with Gasteiger partial charge in [-0.2, -0.15) is 0 Å².